The van der Waals surface area contributed by atoms with Crippen molar-refractivity contribution in [3.63, 3.8) is 0 Å². The number of likely N-dealkylation sites (tertiary alicyclic amines) is 1. The molecule has 2 saturated heterocycles. The highest BCUT2D eigenvalue weighted by molar-refractivity contribution is 6.09. The Morgan fingerprint density at radius 1 is 1.04 bits per heavy atom. The largest absolute Gasteiger partial charge is 0.330 e. The van der Waals surface area contributed by atoms with Crippen LogP contribution in [0.5, 0.6) is 0 Å². The first-order valence-corrected chi connectivity index (χ1v) is 9.70. The van der Waals surface area contributed by atoms with Crippen molar-refractivity contribution in [2.24, 2.45) is 5.92 Å². The van der Waals surface area contributed by atoms with E-state index in [1.54, 1.807) is 0 Å². The number of imide groups is 1. The number of carbonyl (C=O) groups excluding carboxylic acids is 2. The van der Waals surface area contributed by atoms with Crippen LogP contribution in [0.4, 0.5) is 4.79 Å². The number of hydrogen-bond donors (Lipinski definition) is 2. The number of nitrogens with one attached hydrogen (secondary N) is 2. The Balaban J connectivity index is 1.71. The molecule has 0 aromatic heterocycles. The molecule has 2 atom stereocenters. The first kappa shape index (κ1) is 17.7. The molecule has 5 heteroatoms. The number of carbonyl (C=O) groups is 2. The van der Waals surface area contributed by atoms with Gasteiger partial charge >= 0.3 is 6.03 Å². The van der Waals surface area contributed by atoms with Gasteiger partial charge in [-0.1, -0.05) is 67.6 Å². The van der Waals surface area contributed by atoms with Gasteiger partial charge in [0.1, 0.15) is 0 Å². The molecule has 2 aliphatic heterocycles. The predicted molar refractivity (Wildman–Crippen MR) is 103 cm³/mol. The van der Waals surface area contributed by atoms with E-state index < -0.39 is 5.54 Å². The smallest absolute Gasteiger partial charge is 0.317 e. The molecule has 0 saturated carbocycles. The molecule has 2 aliphatic rings. The maximum absolute atomic E-state index is 13.6. The highest BCUT2D eigenvalue weighted by Gasteiger charge is 2.54. The summed E-state index contributed by atoms with van der Waals surface area (Å²) in [6.45, 7) is 4.67. The molecule has 0 bridgehead atoms. The third-order valence-electron chi connectivity index (χ3n) is 5.77. The van der Waals surface area contributed by atoms with Crippen LogP contribution >= 0.6 is 0 Å². The first-order chi connectivity index (χ1) is 13.1. The fourth-order valence-electron chi connectivity index (χ4n) is 4.42. The molecule has 4 rings (SSSR count). The second-order valence-electron chi connectivity index (χ2n) is 7.76. The van der Waals surface area contributed by atoms with Crippen LogP contribution in [0.15, 0.2) is 60.7 Å². The molecule has 2 aromatic rings. The van der Waals surface area contributed by atoms with E-state index in [1.165, 1.54) is 16.2 Å². The Kier molecular flexibility index (Phi) is 4.70. The van der Waals surface area contributed by atoms with Gasteiger partial charge < -0.3 is 10.2 Å². The van der Waals surface area contributed by atoms with Gasteiger partial charge in [-0.3, -0.25) is 4.79 Å². The van der Waals surface area contributed by atoms with Gasteiger partial charge in [0, 0.05) is 5.92 Å². The molecule has 0 spiro atoms. The van der Waals surface area contributed by atoms with Crippen molar-refractivity contribution in [1.82, 2.24) is 10.2 Å². The van der Waals surface area contributed by atoms with Gasteiger partial charge in [0.05, 0.1) is 13.1 Å². The summed E-state index contributed by atoms with van der Waals surface area (Å²) in [7, 11) is 0. The molecule has 3 amide bonds. The fraction of sp³-hybridized carbons (Fsp3) is 0.364. The Morgan fingerprint density at radius 2 is 1.63 bits per heavy atom. The maximum Gasteiger partial charge on any atom is 0.330 e. The van der Waals surface area contributed by atoms with Crippen molar-refractivity contribution < 1.29 is 14.5 Å². The first-order valence-electron chi connectivity index (χ1n) is 9.70. The van der Waals surface area contributed by atoms with Crippen molar-refractivity contribution in [2.75, 3.05) is 19.8 Å². The summed E-state index contributed by atoms with van der Waals surface area (Å²) in [6, 6.07) is 18.8. The maximum atomic E-state index is 13.6. The van der Waals surface area contributed by atoms with Gasteiger partial charge in [0.25, 0.3) is 5.91 Å². The number of urea groups is 1. The molecule has 0 radical (unpaired) electrons. The van der Waals surface area contributed by atoms with Crippen molar-refractivity contribution in [1.29, 1.82) is 0 Å². The summed E-state index contributed by atoms with van der Waals surface area (Å²) in [4.78, 5) is 29.2. The van der Waals surface area contributed by atoms with Crippen LogP contribution in [0.3, 0.4) is 0 Å². The number of rotatable bonds is 4. The number of benzene rings is 2. The fourth-order valence-corrected chi connectivity index (χ4v) is 4.42. The second kappa shape index (κ2) is 7.16. The van der Waals surface area contributed by atoms with Crippen molar-refractivity contribution >= 4 is 11.9 Å². The zero-order chi connectivity index (χ0) is 18.9. The average molecular weight is 364 g/mol. The average Bonchev–Trinajstić information content (AvgIpc) is 2.95. The van der Waals surface area contributed by atoms with Crippen LogP contribution in [0.2, 0.25) is 0 Å². The molecule has 1 unspecified atom stereocenters. The van der Waals surface area contributed by atoms with Gasteiger partial charge in [0.15, 0.2) is 12.2 Å². The minimum absolute atomic E-state index is 0.185. The molecular formula is C22H26N3O2+. The molecule has 2 N–H and O–H groups in total. The molecule has 2 aromatic carbocycles. The van der Waals surface area contributed by atoms with E-state index in [4.69, 9.17) is 0 Å². The lowest BCUT2D eigenvalue weighted by Gasteiger charge is -2.31. The molecule has 0 aliphatic carbocycles. The van der Waals surface area contributed by atoms with Crippen molar-refractivity contribution in [3.05, 3.63) is 71.8 Å². The molecule has 27 heavy (non-hydrogen) atoms. The lowest BCUT2D eigenvalue weighted by Crippen LogP contribution is -3.15. The zero-order valence-corrected chi connectivity index (χ0v) is 15.7. The third kappa shape index (κ3) is 3.12. The Hall–Kier alpha value is -2.66. The zero-order valence-electron chi connectivity index (χ0n) is 15.7. The van der Waals surface area contributed by atoms with Gasteiger partial charge in [-0.25, -0.2) is 9.69 Å². The van der Waals surface area contributed by atoms with Gasteiger partial charge in [-0.15, -0.1) is 0 Å². The van der Waals surface area contributed by atoms with E-state index in [0.717, 1.165) is 30.6 Å². The van der Waals surface area contributed by atoms with Crippen molar-refractivity contribution in [3.8, 4) is 0 Å². The van der Waals surface area contributed by atoms with E-state index in [-0.39, 0.29) is 11.9 Å². The number of quaternary nitrogens is 1. The van der Waals surface area contributed by atoms with E-state index >= 15 is 0 Å². The Morgan fingerprint density at radius 3 is 2.19 bits per heavy atom. The summed E-state index contributed by atoms with van der Waals surface area (Å²) in [5.41, 5.74) is 0.429. The Labute approximate surface area is 160 Å². The van der Waals surface area contributed by atoms with Gasteiger partial charge in [-0.2, -0.15) is 0 Å². The van der Waals surface area contributed by atoms with E-state index in [1.807, 2.05) is 60.7 Å². The standard InChI is InChI=1S/C22H25N3O2/c1-17-9-8-14-24(15-17)16-25-20(26)22(23-21(25)27,18-10-4-2-5-11-18)19-12-6-3-7-13-19/h2-7,10-13,17H,8-9,14-16H2,1H3,(H,23,27)/p+1/t17-/m1/s1. The SMILES string of the molecule is C[C@@H]1CCC[NH+](CN2C(=O)NC(c3ccccc3)(c3ccccc3)C2=O)C1. The van der Waals surface area contributed by atoms with Crippen LogP contribution in [-0.4, -0.2) is 36.6 Å². The van der Waals surface area contributed by atoms with E-state index in [9.17, 15) is 9.59 Å². The van der Waals surface area contributed by atoms with Crippen LogP contribution in [-0.2, 0) is 10.3 Å². The molecular weight excluding hydrogens is 338 g/mol. The van der Waals surface area contributed by atoms with Crippen LogP contribution in [0.25, 0.3) is 0 Å². The number of amides is 3. The molecule has 2 heterocycles. The molecule has 140 valence electrons. The summed E-state index contributed by atoms with van der Waals surface area (Å²) < 4.78 is 0. The van der Waals surface area contributed by atoms with Crippen LogP contribution in [0, 0.1) is 5.92 Å². The van der Waals surface area contributed by atoms with Crippen molar-refractivity contribution in [2.45, 2.75) is 25.3 Å². The normalized spacial score (nSPS) is 24.7. The topological polar surface area (TPSA) is 53.9 Å². The molecule has 2 fully saturated rings. The molecule has 5 nitrogen and oxygen atoms in total. The Bertz CT molecular complexity index is 782. The summed E-state index contributed by atoms with van der Waals surface area (Å²) >= 11 is 0. The number of piperidine rings is 1. The van der Waals surface area contributed by atoms with Crippen LogP contribution < -0.4 is 10.2 Å². The van der Waals surface area contributed by atoms with E-state index in [2.05, 4.69) is 12.2 Å². The lowest BCUT2D eigenvalue weighted by molar-refractivity contribution is -0.915. The lowest BCUT2D eigenvalue weighted by atomic mass is 9.83. The minimum Gasteiger partial charge on any atom is -0.317 e. The predicted octanol–water partition coefficient (Wildman–Crippen LogP) is 1.75. The monoisotopic (exact) mass is 364 g/mol. The van der Waals surface area contributed by atoms with Gasteiger partial charge in [0.2, 0.25) is 0 Å². The number of nitrogens with zero attached hydrogens (tertiary/aromatic N) is 1. The highest BCUT2D eigenvalue weighted by Crippen LogP contribution is 2.35. The quantitative estimate of drug-likeness (QED) is 0.813. The summed E-state index contributed by atoms with van der Waals surface area (Å²) in [5, 5.41) is 3.02. The highest BCUT2D eigenvalue weighted by atomic mass is 16.2. The second-order valence-corrected chi connectivity index (χ2v) is 7.76. The summed E-state index contributed by atoms with van der Waals surface area (Å²) in [6.07, 6.45) is 2.37. The van der Waals surface area contributed by atoms with Gasteiger partial charge in [-0.05, 0) is 24.0 Å². The third-order valence-corrected chi connectivity index (χ3v) is 5.77. The van der Waals surface area contributed by atoms with Crippen LogP contribution in [0.1, 0.15) is 30.9 Å². The van der Waals surface area contributed by atoms with E-state index in [0.29, 0.717) is 12.6 Å². The number of hydrogen-bond acceptors (Lipinski definition) is 2. The minimum atomic E-state index is -1.15. The summed E-state index contributed by atoms with van der Waals surface area (Å²) in [5.74, 6) is 0.443.